The summed E-state index contributed by atoms with van der Waals surface area (Å²) in [5.41, 5.74) is 5.52. The zero-order chi connectivity index (χ0) is 16.9. The lowest BCUT2D eigenvalue weighted by molar-refractivity contribution is 0.930. The van der Waals surface area contributed by atoms with E-state index in [0.717, 1.165) is 0 Å². The molecule has 0 aliphatic carbocycles. The van der Waals surface area contributed by atoms with Crippen molar-refractivity contribution in [1.82, 2.24) is 4.57 Å². The maximum Gasteiger partial charge on any atom is 0.126 e. The molecule has 0 N–H and O–H groups in total. The summed E-state index contributed by atoms with van der Waals surface area (Å²) >= 11 is 0. The van der Waals surface area contributed by atoms with E-state index in [1.54, 1.807) is 10.4 Å². The summed E-state index contributed by atoms with van der Waals surface area (Å²) in [6.07, 6.45) is 2.28. The number of para-hydroxylation sites is 1. The highest BCUT2D eigenvalue weighted by atomic mass is 28.3. The summed E-state index contributed by atoms with van der Waals surface area (Å²) in [4.78, 5) is 0. The molecule has 2 aromatic carbocycles. The van der Waals surface area contributed by atoms with E-state index in [9.17, 15) is 0 Å². The van der Waals surface area contributed by atoms with Gasteiger partial charge in [0.2, 0.25) is 0 Å². The summed E-state index contributed by atoms with van der Waals surface area (Å²) in [6.45, 7) is 9.71. The lowest BCUT2D eigenvalue weighted by atomic mass is 10.1. The summed E-state index contributed by atoms with van der Waals surface area (Å²) in [5.74, 6) is 0. The van der Waals surface area contributed by atoms with Gasteiger partial charge in [0.05, 0.1) is 5.69 Å². The third-order valence-corrected chi connectivity index (χ3v) is 12.1. The zero-order valence-corrected chi connectivity index (χ0v) is 16.0. The SMILES string of the molecule is CC(C)[Si]1(C(C)C)c2ccccc2-c2c1ccn2-c1ccccc1. The fraction of sp³-hybridized carbons (Fsp3) is 0.273. The molecule has 4 rings (SSSR count). The summed E-state index contributed by atoms with van der Waals surface area (Å²) in [5, 5.41) is 3.25. The van der Waals surface area contributed by atoms with Crippen molar-refractivity contribution >= 4 is 18.4 Å². The van der Waals surface area contributed by atoms with Crippen molar-refractivity contribution < 1.29 is 0 Å². The largest absolute Gasteiger partial charge is 0.317 e. The molecule has 122 valence electrons. The van der Waals surface area contributed by atoms with Gasteiger partial charge in [-0.05, 0) is 45.2 Å². The van der Waals surface area contributed by atoms with Crippen LogP contribution in [0.25, 0.3) is 16.9 Å². The van der Waals surface area contributed by atoms with Crippen molar-refractivity contribution in [3.05, 3.63) is 66.9 Å². The van der Waals surface area contributed by atoms with Crippen LogP contribution >= 0.6 is 0 Å². The Hall–Kier alpha value is -2.06. The maximum atomic E-state index is 2.43. The smallest absolute Gasteiger partial charge is 0.126 e. The molecule has 1 aliphatic heterocycles. The second kappa shape index (κ2) is 5.49. The van der Waals surface area contributed by atoms with Crippen molar-refractivity contribution in [3.63, 3.8) is 0 Å². The fourth-order valence-electron chi connectivity index (χ4n) is 4.95. The molecule has 1 nitrogen and oxygen atoms in total. The molecule has 2 heterocycles. The highest BCUT2D eigenvalue weighted by molar-refractivity contribution is 7.07. The Kier molecular flexibility index (Phi) is 3.54. The van der Waals surface area contributed by atoms with Crippen LogP contribution in [0.3, 0.4) is 0 Å². The van der Waals surface area contributed by atoms with Gasteiger partial charge in [0, 0.05) is 11.9 Å². The predicted molar refractivity (Wildman–Crippen MR) is 106 cm³/mol. The first kappa shape index (κ1) is 15.5. The molecule has 0 saturated heterocycles. The topological polar surface area (TPSA) is 4.93 Å². The van der Waals surface area contributed by atoms with E-state index in [2.05, 4.69) is 99.1 Å². The van der Waals surface area contributed by atoms with Gasteiger partial charge in [-0.25, -0.2) is 0 Å². The lowest BCUT2D eigenvalue weighted by Crippen LogP contribution is -2.59. The Bertz CT molecular complexity index is 866. The van der Waals surface area contributed by atoms with Gasteiger partial charge < -0.3 is 4.57 Å². The van der Waals surface area contributed by atoms with Crippen molar-refractivity contribution in [3.8, 4) is 16.9 Å². The molecule has 0 atom stereocenters. The van der Waals surface area contributed by atoms with Crippen LogP contribution in [0.5, 0.6) is 0 Å². The van der Waals surface area contributed by atoms with Gasteiger partial charge in [0.15, 0.2) is 0 Å². The summed E-state index contributed by atoms with van der Waals surface area (Å²) in [7, 11) is -1.76. The van der Waals surface area contributed by atoms with Gasteiger partial charge in [-0.1, -0.05) is 70.2 Å². The average molecular weight is 332 g/mol. The second-order valence-corrected chi connectivity index (χ2v) is 12.6. The highest BCUT2D eigenvalue weighted by Gasteiger charge is 2.51. The molecule has 24 heavy (non-hydrogen) atoms. The van der Waals surface area contributed by atoms with Crippen LogP contribution < -0.4 is 10.4 Å². The van der Waals surface area contributed by atoms with E-state index in [4.69, 9.17) is 0 Å². The van der Waals surface area contributed by atoms with E-state index in [-0.39, 0.29) is 0 Å². The van der Waals surface area contributed by atoms with Crippen molar-refractivity contribution in [1.29, 1.82) is 0 Å². The Morgan fingerprint density at radius 3 is 2.00 bits per heavy atom. The van der Waals surface area contributed by atoms with E-state index < -0.39 is 8.07 Å². The Morgan fingerprint density at radius 2 is 1.33 bits per heavy atom. The van der Waals surface area contributed by atoms with E-state index in [1.807, 2.05) is 0 Å². The molecule has 0 unspecified atom stereocenters. The van der Waals surface area contributed by atoms with E-state index in [0.29, 0.717) is 11.1 Å². The van der Waals surface area contributed by atoms with Gasteiger partial charge in [-0.3, -0.25) is 0 Å². The third-order valence-electron chi connectivity index (χ3n) is 5.82. The van der Waals surface area contributed by atoms with E-state index in [1.165, 1.54) is 16.9 Å². The first-order valence-electron chi connectivity index (χ1n) is 8.95. The predicted octanol–water partition coefficient (Wildman–Crippen LogP) is 4.84. The second-order valence-electron chi connectivity index (χ2n) is 7.51. The molecule has 3 aromatic rings. The highest BCUT2D eigenvalue weighted by Crippen LogP contribution is 2.41. The van der Waals surface area contributed by atoms with Crippen LogP contribution in [0, 0.1) is 0 Å². The summed E-state index contributed by atoms with van der Waals surface area (Å²) in [6, 6.07) is 22.3. The molecule has 0 spiro atoms. The Labute approximate surface area is 146 Å². The number of benzene rings is 2. The Balaban J connectivity index is 2.07. The number of nitrogens with zero attached hydrogens (tertiary/aromatic N) is 1. The molecule has 1 aromatic heterocycles. The molecule has 0 bridgehead atoms. The molecule has 0 fully saturated rings. The number of hydrogen-bond acceptors (Lipinski definition) is 0. The van der Waals surface area contributed by atoms with Crippen molar-refractivity contribution in [2.24, 2.45) is 0 Å². The first-order valence-corrected chi connectivity index (χ1v) is 11.1. The third kappa shape index (κ3) is 1.86. The maximum absolute atomic E-state index is 2.43. The summed E-state index contributed by atoms with van der Waals surface area (Å²) < 4.78 is 2.40. The fourth-order valence-corrected chi connectivity index (χ4v) is 11.1. The van der Waals surface area contributed by atoms with Crippen molar-refractivity contribution in [2.75, 3.05) is 0 Å². The monoisotopic (exact) mass is 331 g/mol. The minimum atomic E-state index is -1.76. The van der Waals surface area contributed by atoms with Crippen LogP contribution in [0.1, 0.15) is 27.7 Å². The van der Waals surface area contributed by atoms with Crippen LogP contribution in [0.4, 0.5) is 0 Å². The van der Waals surface area contributed by atoms with Crippen molar-refractivity contribution in [2.45, 2.75) is 38.8 Å². The average Bonchev–Trinajstić information content (AvgIpc) is 3.12. The number of fused-ring (bicyclic) bond motifs is 3. The van der Waals surface area contributed by atoms with Gasteiger partial charge in [0.1, 0.15) is 8.07 Å². The first-order chi connectivity index (χ1) is 11.6. The van der Waals surface area contributed by atoms with Gasteiger partial charge in [-0.15, -0.1) is 0 Å². The normalized spacial score (nSPS) is 14.9. The van der Waals surface area contributed by atoms with Gasteiger partial charge >= 0.3 is 0 Å². The molecular formula is C22H25NSi. The molecular weight excluding hydrogens is 306 g/mol. The minimum Gasteiger partial charge on any atom is -0.317 e. The quantitative estimate of drug-likeness (QED) is 0.605. The minimum absolute atomic E-state index is 0.687. The number of hydrogen-bond donors (Lipinski definition) is 0. The lowest BCUT2D eigenvalue weighted by Gasteiger charge is -2.37. The van der Waals surface area contributed by atoms with Crippen LogP contribution in [-0.4, -0.2) is 12.6 Å². The Morgan fingerprint density at radius 1 is 0.708 bits per heavy atom. The van der Waals surface area contributed by atoms with Crippen LogP contribution in [0.15, 0.2) is 66.9 Å². The number of aromatic nitrogens is 1. The standard InChI is InChI=1S/C22H25NSi/c1-16(2)24(17(3)4)20-13-9-8-12-19(20)22-21(24)14-15-23(22)18-10-6-5-7-11-18/h5-17H,1-4H3. The van der Waals surface area contributed by atoms with E-state index >= 15 is 0 Å². The van der Waals surface area contributed by atoms with Gasteiger partial charge in [-0.2, -0.15) is 0 Å². The number of rotatable bonds is 3. The molecule has 2 heteroatoms. The van der Waals surface area contributed by atoms with Gasteiger partial charge in [0.25, 0.3) is 0 Å². The molecule has 0 radical (unpaired) electrons. The molecule has 1 aliphatic rings. The van der Waals surface area contributed by atoms with Crippen LogP contribution in [0.2, 0.25) is 11.1 Å². The molecule has 0 amide bonds. The molecule has 0 saturated carbocycles. The van der Waals surface area contributed by atoms with Crippen LogP contribution in [-0.2, 0) is 0 Å². The zero-order valence-electron chi connectivity index (χ0n) is 15.0.